The normalized spacial score (nSPS) is 11.6. The van der Waals surface area contributed by atoms with Crippen LogP contribution in [-0.4, -0.2) is 38.8 Å². The minimum absolute atomic E-state index is 0.333. The van der Waals surface area contributed by atoms with Crippen LogP contribution in [0.4, 0.5) is 0 Å². The summed E-state index contributed by atoms with van der Waals surface area (Å²) in [5, 5.41) is 9.49. The van der Waals surface area contributed by atoms with Gasteiger partial charge >= 0.3 is 5.97 Å². The minimum atomic E-state index is -1.03. The zero-order valence-electron chi connectivity index (χ0n) is 21.3. The molecule has 5 rings (SSSR count). The molecular formula is C30H29N3O5. The van der Waals surface area contributed by atoms with E-state index in [1.165, 1.54) is 0 Å². The average Bonchev–Trinajstić information content (AvgIpc) is 3.58. The van der Waals surface area contributed by atoms with Crippen LogP contribution in [-0.2, 0) is 22.4 Å². The van der Waals surface area contributed by atoms with E-state index in [-0.39, 0.29) is 13.4 Å². The molecule has 0 aliphatic carbocycles. The van der Waals surface area contributed by atoms with Crippen molar-refractivity contribution in [1.82, 2.24) is 14.4 Å². The van der Waals surface area contributed by atoms with E-state index >= 15 is 0 Å². The first-order chi connectivity index (χ1) is 18.4. The number of aliphatic hydroxyl groups is 1. The molecule has 0 bridgehead atoms. The molecule has 0 saturated carbocycles. The van der Waals surface area contributed by atoms with Crippen LogP contribution in [0.25, 0.3) is 16.9 Å². The molecule has 0 spiro atoms. The number of rotatable bonds is 10. The number of benzene rings is 2. The molecule has 0 amide bonds. The number of hydrogen-bond acceptors (Lipinski definition) is 7. The van der Waals surface area contributed by atoms with Gasteiger partial charge in [-0.1, -0.05) is 60.7 Å². The third-order valence-corrected chi connectivity index (χ3v) is 6.24. The third-order valence-electron chi connectivity index (χ3n) is 6.24. The molecule has 3 heterocycles. The quantitative estimate of drug-likeness (QED) is 0.206. The molecular weight excluding hydrogens is 482 g/mol. The largest absolute Gasteiger partial charge is 0.469 e. The predicted octanol–water partition coefficient (Wildman–Crippen LogP) is 5.07. The lowest BCUT2D eigenvalue weighted by Gasteiger charge is -2.19. The highest BCUT2D eigenvalue weighted by Gasteiger charge is 2.29. The minimum Gasteiger partial charge on any atom is -0.469 e. The van der Waals surface area contributed by atoms with Crippen molar-refractivity contribution in [2.45, 2.75) is 26.7 Å². The lowest BCUT2D eigenvalue weighted by molar-refractivity contribution is -0.163. The van der Waals surface area contributed by atoms with Gasteiger partial charge in [-0.2, -0.15) is 0 Å². The summed E-state index contributed by atoms with van der Waals surface area (Å²) in [5.74, 6) is 0.593. The monoisotopic (exact) mass is 511 g/mol. The van der Waals surface area contributed by atoms with Crippen LogP contribution >= 0.6 is 0 Å². The van der Waals surface area contributed by atoms with Gasteiger partial charge in [0.1, 0.15) is 11.5 Å². The number of nitrogens with zero attached hydrogens (tertiary/aromatic N) is 3. The molecule has 3 aromatic heterocycles. The Bertz CT molecular complexity index is 1510. The number of hydrogen-bond donors (Lipinski definition) is 1. The van der Waals surface area contributed by atoms with E-state index < -0.39 is 11.4 Å². The number of carbonyl (C=O) groups excluding carboxylic acids is 1. The molecule has 38 heavy (non-hydrogen) atoms. The van der Waals surface area contributed by atoms with Gasteiger partial charge in [0.25, 0.3) is 0 Å². The van der Waals surface area contributed by atoms with Crippen molar-refractivity contribution >= 4 is 11.6 Å². The summed E-state index contributed by atoms with van der Waals surface area (Å²) in [4.78, 5) is 22.3. The first-order valence-electron chi connectivity index (χ1n) is 12.4. The second-order valence-electron chi connectivity index (χ2n) is 9.65. The molecule has 0 radical (unpaired) electrons. The highest BCUT2D eigenvalue weighted by molar-refractivity contribution is 5.76. The Balaban J connectivity index is 1.59. The number of fused-ring (bicyclic) bond motifs is 1. The van der Waals surface area contributed by atoms with Gasteiger partial charge in [-0.3, -0.25) is 9.20 Å². The first-order valence-corrected chi connectivity index (χ1v) is 12.4. The van der Waals surface area contributed by atoms with Gasteiger partial charge in [0.15, 0.2) is 5.65 Å². The standard InChI is InChI=1S/C30H29N3O5/c1-30(2,19-34)29(35)38-20-37-28-25(17-23-14-9-15-36-23)32-27-24(16-21-10-5-3-6-11-21)31-26(18-33(27)28)22-12-7-4-8-13-22/h3-15,18,34H,16-17,19-20H2,1-2H3. The van der Waals surface area contributed by atoms with Gasteiger partial charge in [-0.25, -0.2) is 9.97 Å². The Morgan fingerprint density at radius 2 is 1.68 bits per heavy atom. The number of furan rings is 1. The topological polar surface area (TPSA) is 99.1 Å². The van der Waals surface area contributed by atoms with E-state index in [9.17, 15) is 9.90 Å². The lowest BCUT2D eigenvalue weighted by Crippen LogP contribution is -2.31. The molecule has 0 saturated heterocycles. The number of aromatic nitrogens is 3. The Kier molecular flexibility index (Phi) is 7.24. The maximum absolute atomic E-state index is 12.4. The maximum Gasteiger partial charge on any atom is 0.316 e. The molecule has 8 heteroatoms. The van der Waals surface area contributed by atoms with E-state index in [1.807, 2.05) is 71.3 Å². The van der Waals surface area contributed by atoms with Crippen LogP contribution in [0.2, 0.25) is 0 Å². The fourth-order valence-electron chi connectivity index (χ4n) is 4.04. The summed E-state index contributed by atoms with van der Waals surface area (Å²) in [6, 6.07) is 23.7. The predicted molar refractivity (Wildman–Crippen MR) is 142 cm³/mol. The van der Waals surface area contributed by atoms with Gasteiger partial charge in [-0.15, -0.1) is 0 Å². The van der Waals surface area contributed by atoms with Gasteiger partial charge in [0, 0.05) is 18.2 Å². The number of ether oxygens (including phenoxy) is 2. The molecule has 0 aliphatic heterocycles. The van der Waals surface area contributed by atoms with Gasteiger partial charge in [0.05, 0.1) is 36.1 Å². The summed E-state index contributed by atoms with van der Waals surface area (Å²) in [6.45, 7) is 2.55. The smallest absolute Gasteiger partial charge is 0.316 e. The van der Waals surface area contributed by atoms with E-state index in [4.69, 9.17) is 23.9 Å². The molecule has 1 N–H and O–H groups in total. The SMILES string of the molecule is CC(C)(CO)C(=O)OCOc1c(Cc2ccco2)nc2c(Cc3ccccc3)nc(-c3ccccc3)cn12. The number of esters is 1. The van der Waals surface area contributed by atoms with Gasteiger partial charge in [0.2, 0.25) is 12.7 Å². The van der Waals surface area contributed by atoms with Crippen molar-refractivity contribution in [3.05, 3.63) is 108 Å². The summed E-state index contributed by atoms with van der Waals surface area (Å²) in [7, 11) is 0. The fourth-order valence-corrected chi connectivity index (χ4v) is 4.04. The third kappa shape index (κ3) is 5.45. The van der Waals surface area contributed by atoms with Crippen LogP contribution in [0.3, 0.4) is 0 Å². The molecule has 0 fully saturated rings. The van der Waals surface area contributed by atoms with E-state index in [0.717, 1.165) is 28.3 Å². The highest BCUT2D eigenvalue weighted by atomic mass is 16.7. The number of carbonyl (C=O) groups is 1. The first kappa shape index (κ1) is 25.2. The Morgan fingerprint density at radius 3 is 2.37 bits per heavy atom. The van der Waals surface area contributed by atoms with E-state index in [1.54, 1.807) is 20.1 Å². The Labute approximate surface area is 220 Å². The molecule has 194 valence electrons. The van der Waals surface area contributed by atoms with Crippen molar-refractivity contribution in [2.24, 2.45) is 5.41 Å². The van der Waals surface area contributed by atoms with Crippen molar-refractivity contribution in [3.63, 3.8) is 0 Å². The van der Waals surface area contributed by atoms with E-state index in [2.05, 4.69) is 12.1 Å². The van der Waals surface area contributed by atoms with Gasteiger partial charge < -0.3 is 19.0 Å². The Morgan fingerprint density at radius 1 is 0.947 bits per heavy atom. The summed E-state index contributed by atoms with van der Waals surface area (Å²) < 4.78 is 18.8. The number of aliphatic hydroxyl groups excluding tert-OH is 1. The van der Waals surface area contributed by atoms with Crippen molar-refractivity contribution < 1.29 is 23.8 Å². The summed E-state index contributed by atoms with van der Waals surface area (Å²) in [5.41, 5.74) is 3.83. The number of imidazole rings is 1. The summed E-state index contributed by atoms with van der Waals surface area (Å²) in [6.07, 6.45) is 4.44. The van der Waals surface area contributed by atoms with Crippen molar-refractivity contribution in [2.75, 3.05) is 13.4 Å². The van der Waals surface area contributed by atoms with Crippen LogP contribution in [0.1, 0.15) is 36.6 Å². The van der Waals surface area contributed by atoms with Gasteiger partial charge in [-0.05, 0) is 31.5 Å². The van der Waals surface area contributed by atoms with Crippen molar-refractivity contribution in [3.8, 4) is 17.1 Å². The molecule has 2 aromatic carbocycles. The van der Waals surface area contributed by atoms with Crippen LogP contribution in [0.15, 0.2) is 89.7 Å². The average molecular weight is 512 g/mol. The second kappa shape index (κ2) is 10.9. The van der Waals surface area contributed by atoms with Crippen molar-refractivity contribution in [1.29, 1.82) is 0 Å². The molecule has 8 nitrogen and oxygen atoms in total. The van der Waals surface area contributed by atoms with Crippen LogP contribution < -0.4 is 4.74 Å². The molecule has 0 aliphatic rings. The maximum atomic E-state index is 12.4. The molecule has 0 atom stereocenters. The van der Waals surface area contributed by atoms with E-state index in [0.29, 0.717) is 30.1 Å². The zero-order chi connectivity index (χ0) is 26.5. The molecule has 5 aromatic rings. The summed E-state index contributed by atoms with van der Waals surface area (Å²) >= 11 is 0. The Hall–Kier alpha value is -4.43. The fraction of sp³-hybridized carbons (Fsp3) is 0.233. The van der Waals surface area contributed by atoms with Crippen LogP contribution in [0, 0.1) is 5.41 Å². The lowest BCUT2D eigenvalue weighted by atomic mass is 9.95. The zero-order valence-corrected chi connectivity index (χ0v) is 21.3. The molecule has 0 unspecified atom stereocenters. The second-order valence-corrected chi connectivity index (χ2v) is 9.65. The highest BCUT2D eigenvalue weighted by Crippen LogP contribution is 2.29. The van der Waals surface area contributed by atoms with Crippen LogP contribution in [0.5, 0.6) is 5.88 Å².